The Morgan fingerprint density at radius 2 is 2.11 bits per heavy atom. The van der Waals surface area contributed by atoms with E-state index in [4.69, 9.17) is 14.0 Å². The van der Waals surface area contributed by atoms with Crippen LogP contribution in [0.15, 0.2) is 28.8 Å². The summed E-state index contributed by atoms with van der Waals surface area (Å²) in [7, 11) is -3.32. The van der Waals surface area contributed by atoms with Gasteiger partial charge in [-0.25, -0.2) is 17.5 Å². The highest BCUT2D eigenvalue weighted by atomic mass is 32.2. The predicted molar refractivity (Wildman–Crippen MR) is 99.9 cm³/mol. The van der Waals surface area contributed by atoms with E-state index in [0.29, 0.717) is 49.5 Å². The second-order valence-electron chi connectivity index (χ2n) is 7.37. The lowest BCUT2D eigenvalue weighted by atomic mass is 9.97. The van der Waals surface area contributed by atoms with Crippen LogP contribution in [0.3, 0.4) is 0 Å². The van der Waals surface area contributed by atoms with Gasteiger partial charge in [-0.3, -0.25) is 0 Å². The molecule has 152 valence electrons. The van der Waals surface area contributed by atoms with E-state index in [1.807, 2.05) is 0 Å². The van der Waals surface area contributed by atoms with Crippen LogP contribution in [0.25, 0.3) is 11.3 Å². The fourth-order valence-electron chi connectivity index (χ4n) is 3.27. The topological polar surface area (TPSA) is 90.7 Å². The summed E-state index contributed by atoms with van der Waals surface area (Å²) in [6.07, 6.45) is 2.05. The molecule has 1 saturated carbocycles. The SMILES string of the molecule is Cc1cc(-c2ccc(OC[C@H]3CCOC[C@@H]3NS(=O)(=O)C3CC3)c(F)c2)no1. The van der Waals surface area contributed by atoms with Crippen LogP contribution in [0.5, 0.6) is 5.75 Å². The van der Waals surface area contributed by atoms with Gasteiger partial charge in [0.15, 0.2) is 11.6 Å². The molecule has 1 aromatic heterocycles. The minimum absolute atomic E-state index is 0.0838. The molecule has 2 aromatic rings. The highest BCUT2D eigenvalue weighted by Crippen LogP contribution is 2.30. The van der Waals surface area contributed by atoms with Crippen LogP contribution in [-0.4, -0.2) is 44.7 Å². The zero-order chi connectivity index (χ0) is 19.7. The molecular formula is C19H23FN2O5S. The maximum absolute atomic E-state index is 14.5. The van der Waals surface area contributed by atoms with E-state index < -0.39 is 15.8 Å². The lowest BCUT2D eigenvalue weighted by Crippen LogP contribution is -2.49. The summed E-state index contributed by atoms with van der Waals surface area (Å²) in [5.41, 5.74) is 1.16. The van der Waals surface area contributed by atoms with Crippen molar-refractivity contribution in [2.24, 2.45) is 5.92 Å². The number of nitrogens with zero attached hydrogens (tertiary/aromatic N) is 1. The third-order valence-electron chi connectivity index (χ3n) is 5.09. The molecule has 28 heavy (non-hydrogen) atoms. The molecule has 1 aromatic carbocycles. The van der Waals surface area contributed by atoms with Crippen molar-refractivity contribution >= 4 is 10.0 Å². The molecule has 0 radical (unpaired) electrons. The third kappa shape index (κ3) is 4.37. The Morgan fingerprint density at radius 3 is 2.79 bits per heavy atom. The monoisotopic (exact) mass is 410 g/mol. The maximum atomic E-state index is 14.5. The fourth-order valence-corrected chi connectivity index (χ4v) is 4.91. The van der Waals surface area contributed by atoms with Crippen LogP contribution in [0.2, 0.25) is 0 Å². The average molecular weight is 410 g/mol. The first-order valence-corrected chi connectivity index (χ1v) is 10.9. The van der Waals surface area contributed by atoms with Crippen LogP contribution in [0, 0.1) is 18.7 Å². The molecule has 1 aliphatic carbocycles. The predicted octanol–water partition coefficient (Wildman–Crippen LogP) is 2.65. The first-order chi connectivity index (χ1) is 13.4. The number of benzene rings is 1. The number of halogens is 1. The molecule has 4 rings (SSSR count). The first-order valence-electron chi connectivity index (χ1n) is 9.37. The van der Waals surface area contributed by atoms with Gasteiger partial charge in [-0.2, -0.15) is 0 Å². The normalized spacial score (nSPS) is 22.9. The van der Waals surface area contributed by atoms with Crippen molar-refractivity contribution in [1.29, 1.82) is 0 Å². The molecule has 1 aliphatic heterocycles. The number of sulfonamides is 1. The standard InChI is InChI=1S/C19H23FN2O5S/c1-12-8-17(21-27-12)13-2-5-19(16(20)9-13)26-10-14-6-7-25-11-18(14)22-28(23,24)15-3-4-15/h2,5,8-9,14-15,18,22H,3-4,6-7,10-11H2,1H3/t14-,18+/m1/s1. The Kier molecular flexibility index (Phi) is 5.39. The Labute approximate surface area is 163 Å². The number of rotatable bonds is 7. The van der Waals surface area contributed by atoms with Crippen LogP contribution < -0.4 is 9.46 Å². The molecule has 7 nitrogen and oxygen atoms in total. The smallest absolute Gasteiger partial charge is 0.214 e. The number of ether oxygens (including phenoxy) is 2. The molecule has 2 fully saturated rings. The Hall–Kier alpha value is -1.97. The summed E-state index contributed by atoms with van der Waals surface area (Å²) in [5, 5.41) is 3.59. The van der Waals surface area contributed by atoms with Crippen LogP contribution in [0.4, 0.5) is 4.39 Å². The van der Waals surface area contributed by atoms with Gasteiger partial charge in [0.1, 0.15) is 11.5 Å². The van der Waals surface area contributed by atoms with Gasteiger partial charge >= 0.3 is 0 Å². The van der Waals surface area contributed by atoms with E-state index in [1.165, 1.54) is 6.07 Å². The highest BCUT2D eigenvalue weighted by molar-refractivity contribution is 7.90. The molecule has 0 amide bonds. The maximum Gasteiger partial charge on any atom is 0.214 e. The van der Waals surface area contributed by atoms with Crippen molar-refractivity contribution in [1.82, 2.24) is 9.88 Å². The highest BCUT2D eigenvalue weighted by Gasteiger charge is 2.39. The zero-order valence-corrected chi connectivity index (χ0v) is 16.4. The number of aromatic nitrogens is 1. The first kappa shape index (κ1) is 19.4. The number of hydrogen-bond donors (Lipinski definition) is 1. The largest absolute Gasteiger partial charge is 0.490 e. The number of hydrogen-bond acceptors (Lipinski definition) is 6. The molecule has 0 bridgehead atoms. The number of nitrogens with one attached hydrogen (secondary N) is 1. The quantitative estimate of drug-likeness (QED) is 0.755. The van der Waals surface area contributed by atoms with Gasteiger partial charge in [0.2, 0.25) is 10.0 Å². The minimum atomic E-state index is -3.32. The summed E-state index contributed by atoms with van der Waals surface area (Å²) in [6, 6.07) is 5.99. The van der Waals surface area contributed by atoms with E-state index >= 15 is 0 Å². The molecule has 1 saturated heterocycles. The molecule has 0 unspecified atom stereocenters. The zero-order valence-electron chi connectivity index (χ0n) is 15.6. The Morgan fingerprint density at radius 1 is 1.29 bits per heavy atom. The molecule has 9 heteroatoms. The van der Waals surface area contributed by atoms with Crippen molar-refractivity contribution in [2.75, 3.05) is 19.8 Å². The summed E-state index contributed by atoms with van der Waals surface area (Å²) in [4.78, 5) is 0. The van der Waals surface area contributed by atoms with Crippen molar-refractivity contribution in [3.8, 4) is 17.0 Å². The van der Waals surface area contributed by atoms with Gasteiger partial charge in [-0.15, -0.1) is 0 Å². The fraction of sp³-hybridized carbons (Fsp3) is 0.526. The van der Waals surface area contributed by atoms with E-state index in [2.05, 4.69) is 9.88 Å². The lowest BCUT2D eigenvalue weighted by Gasteiger charge is -2.31. The van der Waals surface area contributed by atoms with Crippen molar-refractivity contribution < 1.29 is 26.8 Å². The molecule has 0 spiro atoms. The number of aryl methyl sites for hydroxylation is 1. The second-order valence-corrected chi connectivity index (χ2v) is 9.36. The van der Waals surface area contributed by atoms with Crippen LogP contribution in [-0.2, 0) is 14.8 Å². The summed E-state index contributed by atoms with van der Waals surface area (Å²) in [5.74, 6) is 0.189. The van der Waals surface area contributed by atoms with Gasteiger partial charge in [-0.1, -0.05) is 5.16 Å². The minimum Gasteiger partial charge on any atom is -0.490 e. The molecule has 2 heterocycles. The van der Waals surface area contributed by atoms with Gasteiger partial charge in [0.25, 0.3) is 0 Å². The lowest BCUT2D eigenvalue weighted by molar-refractivity contribution is 0.0269. The summed E-state index contributed by atoms with van der Waals surface area (Å²) >= 11 is 0. The van der Waals surface area contributed by atoms with Crippen molar-refractivity contribution in [3.05, 3.63) is 35.8 Å². The van der Waals surface area contributed by atoms with Crippen LogP contribution in [0.1, 0.15) is 25.0 Å². The molecule has 1 N–H and O–H groups in total. The van der Waals surface area contributed by atoms with E-state index in [9.17, 15) is 12.8 Å². The van der Waals surface area contributed by atoms with Gasteiger partial charge in [0, 0.05) is 24.2 Å². The van der Waals surface area contributed by atoms with Gasteiger partial charge < -0.3 is 14.0 Å². The van der Waals surface area contributed by atoms with Gasteiger partial charge in [0.05, 0.1) is 24.5 Å². The summed E-state index contributed by atoms with van der Waals surface area (Å²) < 4.78 is 57.8. The Bertz CT molecular complexity index is 942. The van der Waals surface area contributed by atoms with Crippen molar-refractivity contribution in [2.45, 2.75) is 37.5 Å². The van der Waals surface area contributed by atoms with Gasteiger partial charge in [-0.05, 0) is 44.4 Å². The molecule has 2 atom stereocenters. The second kappa shape index (κ2) is 7.81. The third-order valence-corrected chi connectivity index (χ3v) is 7.07. The van der Waals surface area contributed by atoms with E-state index in [0.717, 1.165) is 0 Å². The molecule has 2 aliphatic rings. The molecular weight excluding hydrogens is 387 g/mol. The van der Waals surface area contributed by atoms with Crippen LogP contribution >= 0.6 is 0 Å². The van der Waals surface area contributed by atoms with Crippen molar-refractivity contribution in [3.63, 3.8) is 0 Å². The van der Waals surface area contributed by atoms with E-state index in [1.54, 1.807) is 25.1 Å². The Balaban J connectivity index is 1.41. The summed E-state index contributed by atoms with van der Waals surface area (Å²) in [6.45, 7) is 2.81. The van der Waals surface area contributed by atoms with E-state index in [-0.39, 0.29) is 29.6 Å². The average Bonchev–Trinajstić information content (AvgIpc) is 3.44.